The highest BCUT2D eigenvalue weighted by atomic mass is 16.6. The maximum absolute atomic E-state index is 14.0. The number of carbonyl (C=O) groups is 2. The zero-order chi connectivity index (χ0) is 25.8. The molecular formula is C26H34N4O5. The van der Waals surface area contributed by atoms with Crippen molar-refractivity contribution in [3.8, 4) is 0 Å². The predicted octanol–water partition coefficient (Wildman–Crippen LogP) is 2.77. The number of nitro groups is 1. The second kappa shape index (κ2) is 11.0. The van der Waals surface area contributed by atoms with Crippen LogP contribution in [-0.2, 0) is 21.6 Å². The number of aliphatic hydroxyl groups excluding tert-OH is 1. The van der Waals surface area contributed by atoms with Crippen molar-refractivity contribution in [2.75, 3.05) is 27.2 Å². The van der Waals surface area contributed by atoms with Gasteiger partial charge in [-0.25, -0.2) is 0 Å². The first-order valence-corrected chi connectivity index (χ1v) is 11.8. The SMILES string of the molecule is CC(C)N1C(=O)C[C@@](C(=O)NCCCN(C)C)(c2ccc([N+](=O)[O-])cc2)[C@H]1c1ccc(CO)cc1. The fraction of sp³-hybridized carbons (Fsp3) is 0.462. The number of nitrogens with one attached hydrogen (secondary N) is 1. The summed E-state index contributed by atoms with van der Waals surface area (Å²) < 4.78 is 0. The van der Waals surface area contributed by atoms with Gasteiger partial charge in [-0.05, 0) is 57.6 Å². The minimum atomic E-state index is -1.27. The van der Waals surface area contributed by atoms with E-state index in [4.69, 9.17) is 0 Å². The molecule has 2 N–H and O–H groups in total. The van der Waals surface area contributed by atoms with Crippen LogP contribution in [0.25, 0.3) is 0 Å². The highest BCUT2D eigenvalue weighted by Crippen LogP contribution is 2.51. The standard InChI is InChI=1S/C26H34N4O5/c1-18(2)29-23(32)16-26(25(33)27-14-5-15-28(3)4,21-10-12-22(13-11-21)30(34)35)24(29)20-8-6-19(17-31)7-9-20/h6-13,18,24,31H,5,14-17H2,1-4H3,(H,27,33)/t24-,26-/m1/s1. The van der Waals surface area contributed by atoms with Gasteiger partial charge in [0, 0.05) is 31.1 Å². The second-order valence-electron chi connectivity index (χ2n) is 9.56. The molecule has 0 spiro atoms. The van der Waals surface area contributed by atoms with Crippen LogP contribution in [0, 0.1) is 10.1 Å². The van der Waals surface area contributed by atoms with Crippen LogP contribution in [0.3, 0.4) is 0 Å². The van der Waals surface area contributed by atoms with E-state index in [0.717, 1.165) is 24.1 Å². The van der Waals surface area contributed by atoms with Gasteiger partial charge in [-0.3, -0.25) is 19.7 Å². The molecule has 0 aromatic heterocycles. The maximum atomic E-state index is 14.0. The van der Waals surface area contributed by atoms with Gasteiger partial charge in [0.2, 0.25) is 11.8 Å². The molecule has 35 heavy (non-hydrogen) atoms. The minimum Gasteiger partial charge on any atom is -0.392 e. The molecule has 2 aromatic rings. The van der Waals surface area contributed by atoms with E-state index in [0.29, 0.717) is 12.1 Å². The summed E-state index contributed by atoms with van der Waals surface area (Å²) in [4.78, 5) is 41.9. The Labute approximate surface area is 205 Å². The highest BCUT2D eigenvalue weighted by molar-refractivity contribution is 5.98. The summed E-state index contributed by atoms with van der Waals surface area (Å²) in [6.07, 6.45) is 0.696. The number of amides is 2. The molecule has 2 amide bonds. The van der Waals surface area contributed by atoms with Crippen LogP contribution >= 0.6 is 0 Å². The Balaban J connectivity index is 2.14. The molecule has 1 aliphatic heterocycles. The van der Waals surface area contributed by atoms with E-state index in [-0.39, 0.29) is 36.6 Å². The summed E-state index contributed by atoms with van der Waals surface area (Å²) in [6.45, 7) is 4.95. The molecular weight excluding hydrogens is 448 g/mol. The van der Waals surface area contributed by atoms with Crippen molar-refractivity contribution in [2.45, 2.75) is 50.8 Å². The minimum absolute atomic E-state index is 0.0467. The van der Waals surface area contributed by atoms with Crippen molar-refractivity contribution < 1.29 is 19.6 Å². The van der Waals surface area contributed by atoms with E-state index in [1.807, 2.05) is 45.0 Å². The van der Waals surface area contributed by atoms with Crippen LogP contribution < -0.4 is 5.32 Å². The van der Waals surface area contributed by atoms with Crippen LogP contribution in [0.5, 0.6) is 0 Å². The van der Waals surface area contributed by atoms with Crippen molar-refractivity contribution in [2.24, 2.45) is 0 Å². The zero-order valence-corrected chi connectivity index (χ0v) is 20.7. The third kappa shape index (κ3) is 5.36. The number of aliphatic hydroxyl groups is 1. The Kier molecular flexibility index (Phi) is 8.24. The monoisotopic (exact) mass is 482 g/mol. The van der Waals surface area contributed by atoms with Crippen LogP contribution in [0.1, 0.15) is 49.4 Å². The van der Waals surface area contributed by atoms with Gasteiger partial charge in [0.1, 0.15) is 5.41 Å². The third-order valence-corrected chi connectivity index (χ3v) is 6.56. The summed E-state index contributed by atoms with van der Waals surface area (Å²) in [6, 6.07) is 12.4. The number of non-ortho nitro benzene ring substituents is 1. The summed E-state index contributed by atoms with van der Waals surface area (Å²) >= 11 is 0. The first-order valence-electron chi connectivity index (χ1n) is 11.8. The summed E-state index contributed by atoms with van der Waals surface area (Å²) in [5.41, 5.74) is 0.701. The van der Waals surface area contributed by atoms with Gasteiger partial charge in [-0.1, -0.05) is 36.4 Å². The van der Waals surface area contributed by atoms with E-state index >= 15 is 0 Å². The lowest BCUT2D eigenvalue weighted by atomic mass is 9.70. The lowest BCUT2D eigenvalue weighted by Gasteiger charge is -2.39. The molecule has 9 heteroatoms. The van der Waals surface area contributed by atoms with Crippen molar-refractivity contribution >= 4 is 17.5 Å². The summed E-state index contributed by atoms with van der Waals surface area (Å²) in [7, 11) is 3.92. The smallest absolute Gasteiger partial charge is 0.269 e. The molecule has 1 saturated heterocycles. The number of benzene rings is 2. The molecule has 2 aromatic carbocycles. The van der Waals surface area contributed by atoms with Gasteiger partial charge >= 0.3 is 0 Å². The Bertz CT molecular complexity index is 1050. The maximum Gasteiger partial charge on any atom is 0.269 e. The van der Waals surface area contributed by atoms with Crippen molar-refractivity contribution in [3.63, 3.8) is 0 Å². The van der Waals surface area contributed by atoms with Crippen molar-refractivity contribution in [1.82, 2.24) is 15.1 Å². The molecule has 0 bridgehead atoms. The summed E-state index contributed by atoms with van der Waals surface area (Å²) in [5.74, 6) is -0.434. The van der Waals surface area contributed by atoms with E-state index in [1.54, 1.807) is 29.2 Å². The number of rotatable bonds is 10. The summed E-state index contributed by atoms with van der Waals surface area (Å²) in [5, 5.41) is 23.8. The fourth-order valence-corrected chi connectivity index (χ4v) is 4.88. The molecule has 1 aliphatic rings. The number of likely N-dealkylation sites (tertiary alicyclic amines) is 1. The fourth-order valence-electron chi connectivity index (χ4n) is 4.88. The third-order valence-electron chi connectivity index (χ3n) is 6.56. The number of nitrogens with zero attached hydrogens (tertiary/aromatic N) is 3. The Morgan fingerprint density at radius 2 is 1.83 bits per heavy atom. The molecule has 1 heterocycles. The molecule has 188 valence electrons. The van der Waals surface area contributed by atoms with Gasteiger partial charge in [0.05, 0.1) is 17.6 Å². The van der Waals surface area contributed by atoms with Crippen molar-refractivity contribution in [1.29, 1.82) is 0 Å². The Morgan fingerprint density at radius 3 is 2.34 bits per heavy atom. The van der Waals surface area contributed by atoms with Crippen molar-refractivity contribution in [3.05, 3.63) is 75.3 Å². The average Bonchev–Trinajstić information content (AvgIpc) is 3.15. The number of carbonyl (C=O) groups excluding carboxylic acids is 2. The van der Waals surface area contributed by atoms with Gasteiger partial charge in [-0.2, -0.15) is 0 Å². The number of nitro benzene ring substituents is 1. The number of hydrogen-bond acceptors (Lipinski definition) is 6. The first-order chi connectivity index (χ1) is 16.6. The van der Waals surface area contributed by atoms with E-state index < -0.39 is 16.4 Å². The Morgan fingerprint density at radius 1 is 1.20 bits per heavy atom. The lowest BCUT2D eigenvalue weighted by molar-refractivity contribution is -0.384. The topological polar surface area (TPSA) is 116 Å². The molecule has 0 aliphatic carbocycles. The van der Waals surface area contributed by atoms with Crippen LogP contribution in [-0.4, -0.2) is 64.9 Å². The van der Waals surface area contributed by atoms with Crippen LogP contribution in [0.2, 0.25) is 0 Å². The predicted molar refractivity (Wildman–Crippen MR) is 133 cm³/mol. The van der Waals surface area contributed by atoms with Gasteiger partial charge in [0.15, 0.2) is 0 Å². The van der Waals surface area contributed by atoms with E-state index in [9.17, 15) is 24.8 Å². The van der Waals surface area contributed by atoms with Gasteiger partial charge in [0.25, 0.3) is 5.69 Å². The molecule has 0 radical (unpaired) electrons. The number of hydrogen-bond donors (Lipinski definition) is 2. The lowest BCUT2D eigenvalue weighted by Crippen LogP contribution is -2.49. The largest absolute Gasteiger partial charge is 0.392 e. The molecule has 0 saturated carbocycles. The van der Waals surface area contributed by atoms with E-state index in [1.165, 1.54) is 12.1 Å². The first kappa shape index (κ1) is 26.3. The molecule has 9 nitrogen and oxygen atoms in total. The zero-order valence-electron chi connectivity index (χ0n) is 20.7. The second-order valence-corrected chi connectivity index (χ2v) is 9.56. The molecule has 0 unspecified atom stereocenters. The molecule has 2 atom stereocenters. The molecule has 1 fully saturated rings. The highest BCUT2D eigenvalue weighted by Gasteiger charge is 2.58. The van der Waals surface area contributed by atoms with E-state index in [2.05, 4.69) is 5.32 Å². The average molecular weight is 483 g/mol. The van der Waals surface area contributed by atoms with Gasteiger partial charge < -0.3 is 20.2 Å². The Hall–Kier alpha value is -3.30. The van der Waals surface area contributed by atoms with Gasteiger partial charge in [-0.15, -0.1) is 0 Å². The quantitative estimate of drug-likeness (QED) is 0.306. The molecule has 3 rings (SSSR count). The van der Waals surface area contributed by atoms with Crippen LogP contribution in [0.4, 0.5) is 5.69 Å². The normalized spacial score (nSPS) is 20.0. The van der Waals surface area contributed by atoms with Crippen LogP contribution in [0.15, 0.2) is 48.5 Å².